The van der Waals surface area contributed by atoms with Crippen molar-refractivity contribution in [2.75, 3.05) is 18.0 Å². The Kier molecular flexibility index (Phi) is 5.39. The Balaban J connectivity index is 1.29. The van der Waals surface area contributed by atoms with Crippen LogP contribution in [0, 0.1) is 19.8 Å². The molecule has 0 aliphatic carbocycles. The highest BCUT2D eigenvalue weighted by Crippen LogP contribution is 2.29. The van der Waals surface area contributed by atoms with Crippen molar-refractivity contribution in [1.82, 2.24) is 19.9 Å². The molecule has 1 aliphatic rings. The maximum Gasteiger partial charge on any atom is 0.223 e. The number of piperidine rings is 1. The number of hydrogen-bond acceptors (Lipinski definition) is 5. The van der Waals surface area contributed by atoms with Crippen LogP contribution in [0.4, 0.5) is 5.82 Å². The monoisotopic (exact) mass is 429 g/mol. The molecule has 1 amide bonds. The summed E-state index contributed by atoms with van der Waals surface area (Å²) < 4.78 is 7.19. The van der Waals surface area contributed by atoms with Crippen LogP contribution in [0.1, 0.15) is 29.7 Å². The fourth-order valence-electron chi connectivity index (χ4n) is 4.28. The Labute approximate surface area is 187 Å². The van der Waals surface area contributed by atoms with Gasteiger partial charge in [-0.25, -0.2) is 9.50 Å². The molecule has 5 rings (SSSR count). The van der Waals surface area contributed by atoms with E-state index in [1.807, 2.05) is 22.8 Å². The number of carbonyl (C=O) groups excluding carboxylic acids is 1. The lowest BCUT2D eigenvalue weighted by molar-refractivity contribution is -0.125. The van der Waals surface area contributed by atoms with Crippen LogP contribution in [-0.4, -0.2) is 33.6 Å². The van der Waals surface area contributed by atoms with Gasteiger partial charge < -0.3 is 14.6 Å². The first-order valence-corrected chi connectivity index (χ1v) is 11.1. The van der Waals surface area contributed by atoms with Crippen LogP contribution >= 0.6 is 0 Å². The summed E-state index contributed by atoms with van der Waals surface area (Å²) in [5.41, 5.74) is 5.56. The minimum atomic E-state index is 0.0111. The Morgan fingerprint density at radius 1 is 1.16 bits per heavy atom. The molecule has 1 saturated heterocycles. The summed E-state index contributed by atoms with van der Waals surface area (Å²) in [4.78, 5) is 19.5. The zero-order valence-electron chi connectivity index (χ0n) is 18.4. The third kappa shape index (κ3) is 3.98. The average Bonchev–Trinajstić information content (AvgIpc) is 3.49. The summed E-state index contributed by atoms with van der Waals surface area (Å²) in [5.74, 6) is 1.79. The zero-order chi connectivity index (χ0) is 22.1. The van der Waals surface area contributed by atoms with E-state index >= 15 is 0 Å². The van der Waals surface area contributed by atoms with Crippen molar-refractivity contribution in [2.45, 2.75) is 33.2 Å². The number of furan rings is 1. The van der Waals surface area contributed by atoms with Crippen molar-refractivity contribution in [1.29, 1.82) is 0 Å². The van der Waals surface area contributed by atoms with Gasteiger partial charge in [0.25, 0.3) is 0 Å². The van der Waals surface area contributed by atoms with Crippen molar-refractivity contribution in [2.24, 2.45) is 5.92 Å². The second-order valence-electron chi connectivity index (χ2n) is 8.47. The van der Waals surface area contributed by atoms with Crippen molar-refractivity contribution >= 4 is 17.2 Å². The minimum Gasteiger partial charge on any atom is -0.467 e. The van der Waals surface area contributed by atoms with Gasteiger partial charge in [-0.3, -0.25) is 4.79 Å². The quantitative estimate of drug-likeness (QED) is 0.516. The molecule has 3 aromatic heterocycles. The van der Waals surface area contributed by atoms with Gasteiger partial charge in [0.15, 0.2) is 5.82 Å². The summed E-state index contributed by atoms with van der Waals surface area (Å²) in [6.45, 7) is 6.25. The lowest BCUT2D eigenvalue weighted by Crippen LogP contribution is -2.40. The molecule has 0 atom stereocenters. The summed E-state index contributed by atoms with van der Waals surface area (Å²) in [5, 5.41) is 7.77. The fourth-order valence-corrected chi connectivity index (χ4v) is 4.28. The van der Waals surface area contributed by atoms with Gasteiger partial charge in [-0.15, -0.1) is 0 Å². The first-order chi connectivity index (χ1) is 15.6. The number of anilines is 1. The normalized spacial score (nSPS) is 14.8. The number of amides is 1. The van der Waals surface area contributed by atoms with Gasteiger partial charge in [-0.2, -0.15) is 5.10 Å². The second-order valence-corrected chi connectivity index (χ2v) is 8.47. The third-order valence-corrected chi connectivity index (χ3v) is 6.35. The minimum absolute atomic E-state index is 0.0111. The predicted molar refractivity (Wildman–Crippen MR) is 123 cm³/mol. The molecule has 0 saturated carbocycles. The Hall–Kier alpha value is -3.61. The number of aromatic nitrogens is 3. The van der Waals surface area contributed by atoms with E-state index in [4.69, 9.17) is 9.52 Å². The van der Waals surface area contributed by atoms with E-state index < -0.39 is 0 Å². The van der Waals surface area contributed by atoms with Gasteiger partial charge in [0, 0.05) is 37.0 Å². The number of rotatable bonds is 5. The van der Waals surface area contributed by atoms with Gasteiger partial charge in [0.05, 0.1) is 18.5 Å². The van der Waals surface area contributed by atoms with Crippen LogP contribution in [0.3, 0.4) is 0 Å². The van der Waals surface area contributed by atoms with Gasteiger partial charge in [0.2, 0.25) is 5.91 Å². The first-order valence-electron chi connectivity index (χ1n) is 11.1. The van der Waals surface area contributed by atoms with Crippen LogP contribution in [0.5, 0.6) is 0 Å². The SMILES string of the molecule is Cc1ccc(-c2cc3c(N4CCC(C(=O)NCc5ccco5)CC4)nccn3n2)cc1C. The fraction of sp³-hybridized carbons (Fsp3) is 0.320. The molecule has 164 valence electrons. The highest BCUT2D eigenvalue weighted by atomic mass is 16.3. The molecular weight excluding hydrogens is 402 g/mol. The highest BCUT2D eigenvalue weighted by molar-refractivity contribution is 5.79. The smallest absolute Gasteiger partial charge is 0.223 e. The standard InChI is InChI=1S/C25H27N5O2/c1-17-5-6-20(14-18(17)2)22-15-23-24(26-9-12-30(23)28-22)29-10-7-19(8-11-29)25(31)27-16-21-4-3-13-32-21/h3-6,9,12-15,19H,7-8,10-11,16H2,1-2H3,(H,27,31). The van der Waals surface area contributed by atoms with Crippen LogP contribution < -0.4 is 10.2 Å². The topological polar surface area (TPSA) is 75.7 Å². The number of fused-ring (bicyclic) bond motifs is 1. The Morgan fingerprint density at radius 3 is 2.75 bits per heavy atom. The molecule has 0 unspecified atom stereocenters. The molecule has 4 heterocycles. The lowest BCUT2D eigenvalue weighted by Gasteiger charge is -2.32. The third-order valence-electron chi connectivity index (χ3n) is 6.35. The van der Waals surface area contributed by atoms with Gasteiger partial charge in [-0.05, 0) is 62.1 Å². The maximum atomic E-state index is 12.6. The summed E-state index contributed by atoms with van der Waals surface area (Å²) in [7, 11) is 0. The van der Waals surface area contributed by atoms with E-state index in [-0.39, 0.29) is 11.8 Å². The van der Waals surface area contributed by atoms with E-state index in [9.17, 15) is 4.79 Å². The van der Waals surface area contributed by atoms with Crippen LogP contribution in [0.15, 0.2) is 59.5 Å². The Bertz CT molecular complexity index is 1240. The molecule has 0 radical (unpaired) electrons. The molecule has 32 heavy (non-hydrogen) atoms. The molecule has 1 aliphatic heterocycles. The molecule has 0 spiro atoms. The zero-order valence-corrected chi connectivity index (χ0v) is 18.4. The number of aryl methyl sites for hydroxylation is 2. The first kappa shape index (κ1) is 20.3. The number of hydrogen-bond donors (Lipinski definition) is 1. The second kappa shape index (κ2) is 8.49. The summed E-state index contributed by atoms with van der Waals surface area (Å²) >= 11 is 0. The van der Waals surface area contributed by atoms with Crippen molar-refractivity contribution < 1.29 is 9.21 Å². The predicted octanol–water partition coefficient (Wildman–Crippen LogP) is 4.14. The largest absolute Gasteiger partial charge is 0.467 e. The van der Waals surface area contributed by atoms with E-state index in [1.54, 1.807) is 12.5 Å². The average molecular weight is 430 g/mol. The summed E-state index contributed by atoms with van der Waals surface area (Å²) in [6.07, 6.45) is 6.89. The highest BCUT2D eigenvalue weighted by Gasteiger charge is 2.27. The van der Waals surface area contributed by atoms with Crippen LogP contribution in [0.2, 0.25) is 0 Å². The lowest BCUT2D eigenvalue weighted by atomic mass is 9.96. The van der Waals surface area contributed by atoms with Crippen LogP contribution in [0.25, 0.3) is 16.8 Å². The van der Waals surface area contributed by atoms with E-state index in [0.29, 0.717) is 6.54 Å². The van der Waals surface area contributed by atoms with Crippen LogP contribution in [-0.2, 0) is 11.3 Å². The van der Waals surface area contributed by atoms with Crippen molar-refractivity contribution in [3.63, 3.8) is 0 Å². The molecular formula is C25H27N5O2. The van der Waals surface area contributed by atoms with E-state index in [0.717, 1.165) is 54.3 Å². The van der Waals surface area contributed by atoms with Crippen molar-refractivity contribution in [3.8, 4) is 11.3 Å². The molecule has 4 aromatic rings. The number of carbonyl (C=O) groups is 1. The molecule has 1 fully saturated rings. The maximum absolute atomic E-state index is 12.6. The number of nitrogens with one attached hydrogen (secondary N) is 1. The summed E-state index contributed by atoms with van der Waals surface area (Å²) in [6, 6.07) is 12.2. The number of benzene rings is 1. The van der Waals surface area contributed by atoms with Crippen molar-refractivity contribution in [3.05, 3.63) is 71.9 Å². The number of nitrogens with zero attached hydrogens (tertiary/aromatic N) is 4. The molecule has 1 aromatic carbocycles. The molecule has 7 nitrogen and oxygen atoms in total. The Morgan fingerprint density at radius 2 is 2.00 bits per heavy atom. The van der Waals surface area contributed by atoms with E-state index in [2.05, 4.69) is 53.3 Å². The molecule has 7 heteroatoms. The van der Waals surface area contributed by atoms with E-state index in [1.165, 1.54) is 11.1 Å². The van der Waals surface area contributed by atoms with Gasteiger partial charge >= 0.3 is 0 Å². The van der Waals surface area contributed by atoms with Gasteiger partial charge in [-0.1, -0.05) is 12.1 Å². The molecule has 1 N–H and O–H groups in total. The molecule has 0 bridgehead atoms. The van der Waals surface area contributed by atoms with Gasteiger partial charge in [0.1, 0.15) is 11.3 Å².